The minimum absolute atomic E-state index is 0.186. The maximum atomic E-state index is 14.2. The van der Waals surface area contributed by atoms with Gasteiger partial charge in [0, 0.05) is 5.56 Å². The maximum Gasteiger partial charge on any atom is 0.344 e. The van der Waals surface area contributed by atoms with Gasteiger partial charge in [-0.3, -0.25) is 9.36 Å². The number of methoxy groups -OCH3 is 1. The Balaban J connectivity index is 1.68. The van der Waals surface area contributed by atoms with Gasteiger partial charge >= 0.3 is 11.9 Å². The number of esters is 2. The molecule has 0 amide bonds. The van der Waals surface area contributed by atoms with Crippen LogP contribution in [-0.4, -0.2) is 43.4 Å². The summed E-state index contributed by atoms with van der Waals surface area (Å²) < 4.78 is 23.8. The van der Waals surface area contributed by atoms with E-state index in [1.165, 1.54) is 11.3 Å². The smallest absolute Gasteiger partial charge is 0.344 e. The average molecular weight is 615 g/mol. The zero-order chi connectivity index (χ0) is 31.2. The lowest BCUT2D eigenvalue weighted by Crippen LogP contribution is -2.40. The first-order valence-corrected chi connectivity index (χ1v) is 15.4. The topological polar surface area (TPSA) is 105 Å². The predicted octanol–water partition coefficient (Wildman–Crippen LogP) is 4.68. The summed E-state index contributed by atoms with van der Waals surface area (Å²) in [6.45, 7) is 5.80. The van der Waals surface area contributed by atoms with Gasteiger partial charge in [-0.2, -0.15) is 0 Å². The van der Waals surface area contributed by atoms with E-state index in [2.05, 4.69) is 0 Å². The molecule has 9 nitrogen and oxygen atoms in total. The molecule has 44 heavy (non-hydrogen) atoms. The molecule has 2 heterocycles. The van der Waals surface area contributed by atoms with Gasteiger partial charge in [0.2, 0.25) is 0 Å². The van der Waals surface area contributed by atoms with Crippen molar-refractivity contribution in [1.29, 1.82) is 0 Å². The molecule has 0 N–H and O–H groups in total. The lowest BCUT2D eigenvalue weighted by Gasteiger charge is -2.28. The zero-order valence-corrected chi connectivity index (χ0v) is 25.9. The Kier molecular flexibility index (Phi) is 9.59. The molecule has 1 aromatic heterocycles. The van der Waals surface area contributed by atoms with Crippen LogP contribution in [0.4, 0.5) is 0 Å². The summed E-state index contributed by atoms with van der Waals surface area (Å²) in [6.07, 6.45) is 3.07. The van der Waals surface area contributed by atoms with Crippen molar-refractivity contribution < 1.29 is 28.5 Å². The molecule has 0 spiro atoms. The molecule has 0 aliphatic carbocycles. The Labute approximate surface area is 258 Å². The van der Waals surface area contributed by atoms with E-state index in [4.69, 9.17) is 23.9 Å². The number of aromatic nitrogens is 1. The fraction of sp³-hybridized carbons (Fsp3) is 0.294. The van der Waals surface area contributed by atoms with Gasteiger partial charge in [-0.25, -0.2) is 14.6 Å². The van der Waals surface area contributed by atoms with Crippen molar-refractivity contribution in [3.05, 3.63) is 103 Å². The Hall–Kier alpha value is -4.70. The van der Waals surface area contributed by atoms with Crippen molar-refractivity contribution in [2.24, 2.45) is 4.99 Å². The van der Waals surface area contributed by atoms with E-state index in [1.807, 2.05) is 43.3 Å². The number of fused-ring (bicyclic) bond motifs is 2. The largest absolute Gasteiger partial charge is 0.496 e. The Bertz CT molecular complexity index is 1900. The second-order valence-corrected chi connectivity index (χ2v) is 11.0. The molecular formula is C34H34N2O7S. The van der Waals surface area contributed by atoms with Gasteiger partial charge in [-0.1, -0.05) is 67.1 Å². The van der Waals surface area contributed by atoms with Crippen LogP contribution in [0.25, 0.3) is 16.8 Å². The first-order valence-electron chi connectivity index (χ1n) is 14.6. The molecule has 228 valence electrons. The summed E-state index contributed by atoms with van der Waals surface area (Å²) >= 11 is 1.26. The lowest BCUT2D eigenvalue weighted by molar-refractivity contribution is -0.145. The maximum absolute atomic E-state index is 14.2. The minimum atomic E-state index is -0.811. The number of allylic oxidation sites excluding steroid dienone is 1. The highest BCUT2D eigenvalue weighted by Gasteiger charge is 2.37. The van der Waals surface area contributed by atoms with Gasteiger partial charge in [0.15, 0.2) is 11.4 Å². The molecular weight excluding hydrogens is 580 g/mol. The molecule has 4 aromatic rings. The summed E-state index contributed by atoms with van der Waals surface area (Å²) in [7, 11) is 1.58. The monoisotopic (exact) mass is 614 g/mol. The highest BCUT2D eigenvalue weighted by molar-refractivity contribution is 7.07. The molecule has 5 rings (SSSR count). The number of hydrogen-bond acceptors (Lipinski definition) is 9. The van der Waals surface area contributed by atoms with Crippen LogP contribution in [0.2, 0.25) is 0 Å². The van der Waals surface area contributed by atoms with Gasteiger partial charge in [0.25, 0.3) is 5.56 Å². The average Bonchev–Trinajstić information content (AvgIpc) is 3.33. The van der Waals surface area contributed by atoms with Crippen molar-refractivity contribution in [3.63, 3.8) is 0 Å². The van der Waals surface area contributed by atoms with Crippen molar-refractivity contribution >= 4 is 40.1 Å². The Morgan fingerprint density at radius 3 is 2.43 bits per heavy atom. The van der Waals surface area contributed by atoms with Gasteiger partial charge in [-0.05, 0) is 60.9 Å². The summed E-state index contributed by atoms with van der Waals surface area (Å²) in [5, 5.41) is 1.82. The van der Waals surface area contributed by atoms with Gasteiger partial charge in [0.1, 0.15) is 17.5 Å². The third-order valence-corrected chi connectivity index (χ3v) is 8.14. The molecule has 10 heteroatoms. The number of hydrogen-bond donors (Lipinski definition) is 0. The minimum Gasteiger partial charge on any atom is -0.496 e. The summed E-state index contributed by atoms with van der Waals surface area (Å²) in [4.78, 5) is 44.8. The molecule has 1 aliphatic heterocycles. The normalized spacial score (nSPS) is 14.6. The lowest BCUT2D eigenvalue weighted by atomic mass is 9.90. The van der Waals surface area contributed by atoms with E-state index < -0.39 is 18.0 Å². The number of carbonyl (C=O) groups is 2. The highest BCUT2D eigenvalue weighted by Crippen LogP contribution is 2.41. The predicted molar refractivity (Wildman–Crippen MR) is 169 cm³/mol. The van der Waals surface area contributed by atoms with Crippen LogP contribution >= 0.6 is 11.3 Å². The summed E-state index contributed by atoms with van der Waals surface area (Å²) in [5.41, 5.74) is 2.12. The van der Waals surface area contributed by atoms with Gasteiger partial charge < -0.3 is 18.9 Å². The van der Waals surface area contributed by atoms with Crippen LogP contribution in [0.15, 0.2) is 81.7 Å². The number of rotatable bonds is 11. The number of carbonyl (C=O) groups excluding carboxylic acids is 2. The van der Waals surface area contributed by atoms with Crippen molar-refractivity contribution in [2.45, 2.75) is 39.7 Å². The quantitative estimate of drug-likeness (QED) is 0.226. The molecule has 0 saturated heterocycles. The van der Waals surface area contributed by atoms with Crippen molar-refractivity contribution in [1.82, 2.24) is 4.57 Å². The van der Waals surface area contributed by atoms with Crippen LogP contribution in [0.5, 0.6) is 11.5 Å². The third-order valence-electron chi connectivity index (χ3n) is 7.16. The SMILES string of the molecule is CCCC1=C(C(=O)OCC)C(c2c(OC)ccc3ccccc23)n2c(s/c(=C/c3ccc(OCC(=O)OCC)cc3)c2=O)=N1. The van der Waals surface area contributed by atoms with Crippen LogP contribution in [0.1, 0.15) is 50.8 Å². The molecule has 0 bridgehead atoms. The molecule has 0 saturated carbocycles. The van der Waals surface area contributed by atoms with Crippen molar-refractivity contribution in [2.75, 3.05) is 26.9 Å². The van der Waals surface area contributed by atoms with E-state index in [9.17, 15) is 14.4 Å². The Morgan fingerprint density at radius 1 is 0.977 bits per heavy atom. The molecule has 1 unspecified atom stereocenters. The molecule has 1 atom stereocenters. The van der Waals surface area contributed by atoms with Gasteiger partial charge in [-0.15, -0.1) is 0 Å². The number of ether oxygens (including phenoxy) is 4. The van der Waals surface area contributed by atoms with E-state index in [-0.39, 0.29) is 25.4 Å². The molecule has 3 aromatic carbocycles. The van der Waals surface area contributed by atoms with Crippen molar-refractivity contribution in [3.8, 4) is 11.5 Å². The zero-order valence-electron chi connectivity index (χ0n) is 25.1. The highest BCUT2D eigenvalue weighted by atomic mass is 32.1. The second kappa shape index (κ2) is 13.7. The molecule has 1 aliphatic rings. The standard InChI is InChI=1S/C34H34N2O7S/c1-5-10-25-30(33(39)42-7-3)31(29-24-12-9-8-11-22(24)15-18-26(29)40-4)36-32(38)27(44-34(36)35-25)19-21-13-16-23(17-14-21)43-20-28(37)41-6-2/h8-9,11-19,31H,5-7,10,20H2,1-4H3/b27-19+. The van der Waals surface area contributed by atoms with Crippen LogP contribution in [0, 0.1) is 0 Å². The molecule has 0 fully saturated rings. The first kappa shape index (κ1) is 30.7. The van der Waals surface area contributed by atoms with Crippen LogP contribution in [-0.2, 0) is 19.1 Å². The summed E-state index contributed by atoms with van der Waals surface area (Å²) in [6, 6.07) is 17.9. The van der Waals surface area contributed by atoms with E-state index in [0.717, 1.165) is 22.8 Å². The third kappa shape index (κ3) is 6.16. The van der Waals surface area contributed by atoms with Gasteiger partial charge in [0.05, 0.1) is 36.1 Å². The second-order valence-electron chi connectivity index (χ2n) is 9.98. The molecule has 0 radical (unpaired) electrons. The van der Waals surface area contributed by atoms with Crippen LogP contribution < -0.4 is 24.4 Å². The number of thiazole rings is 1. The summed E-state index contributed by atoms with van der Waals surface area (Å²) in [5.74, 6) is 0.108. The fourth-order valence-electron chi connectivity index (χ4n) is 5.29. The van der Waals surface area contributed by atoms with E-state index in [0.29, 0.717) is 44.1 Å². The number of nitrogens with zero attached hydrogens (tertiary/aromatic N) is 2. The van der Waals surface area contributed by atoms with Crippen LogP contribution in [0.3, 0.4) is 0 Å². The first-order chi connectivity index (χ1) is 21.4. The van der Waals surface area contributed by atoms with E-state index >= 15 is 0 Å². The Morgan fingerprint density at radius 2 is 1.73 bits per heavy atom. The van der Waals surface area contributed by atoms with E-state index in [1.54, 1.807) is 55.9 Å². The fourth-order valence-corrected chi connectivity index (χ4v) is 6.31. The number of benzene rings is 3.